The first kappa shape index (κ1) is 15.9. The van der Waals surface area contributed by atoms with E-state index in [1.807, 2.05) is 0 Å². The van der Waals surface area contributed by atoms with Crippen LogP contribution in [0.3, 0.4) is 0 Å². The van der Waals surface area contributed by atoms with Gasteiger partial charge in [-0.05, 0) is 45.9 Å². The Morgan fingerprint density at radius 1 is 1.26 bits per heavy atom. The van der Waals surface area contributed by atoms with Gasteiger partial charge in [-0.1, -0.05) is 12.1 Å². The molecular formula is C13H21FN2O2S. The summed E-state index contributed by atoms with van der Waals surface area (Å²) < 4.78 is 39.0. The summed E-state index contributed by atoms with van der Waals surface area (Å²) in [6, 6.07) is 5.87. The first-order chi connectivity index (χ1) is 8.71. The maximum absolute atomic E-state index is 13.8. The van der Waals surface area contributed by atoms with Crippen LogP contribution in [0.2, 0.25) is 0 Å². The minimum atomic E-state index is -3.65. The van der Waals surface area contributed by atoms with E-state index in [1.165, 1.54) is 18.2 Å². The van der Waals surface area contributed by atoms with E-state index in [9.17, 15) is 12.8 Å². The van der Waals surface area contributed by atoms with Gasteiger partial charge in [-0.3, -0.25) is 4.31 Å². The van der Waals surface area contributed by atoms with Crippen molar-refractivity contribution in [1.82, 2.24) is 0 Å². The molecule has 0 aromatic heterocycles. The number of halogens is 1. The molecule has 0 heterocycles. The molecule has 1 aromatic rings. The van der Waals surface area contributed by atoms with Crippen molar-refractivity contribution < 1.29 is 12.8 Å². The highest BCUT2D eigenvalue weighted by Gasteiger charge is 2.36. The zero-order valence-electron chi connectivity index (χ0n) is 11.6. The average molecular weight is 288 g/mol. The van der Waals surface area contributed by atoms with Crippen LogP contribution in [0, 0.1) is 5.82 Å². The summed E-state index contributed by atoms with van der Waals surface area (Å²) in [5.74, 6) is -0.549. The molecule has 0 aliphatic heterocycles. The maximum Gasteiger partial charge on any atom is 0.240 e. The van der Waals surface area contributed by atoms with E-state index in [4.69, 9.17) is 5.73 Å². The Hall–Kier alpha value is -1.14. The number of benzene rings is 1. The van der Waals surface area contributed by atoms with E-state index in [-0.39, 0.29) is 12.2 Å². The molecule has 4 nitrogen and oxygen atoms in total. The van der Waals surface area contributed by atoms with Gasteiger partial charge in [0, 0.05) is 6.54 Å². The predicted molar refractivity (Wildman–Crippen MR) is 76.1 cm³/mol. The van der Waals surface area contributed by atoms with Crippen molar-refractivity contribution >= 4 is 15.7 Å². The molecule has 19 heavy (non-hydrogen) atoms. The van der Waals surface area contributed by atoms with E-state index in [0.29, 0.717) is 13.0 Å². The number of hydrogen-bond donors (Lipinski definition) is 1. The van der Waals surface area contributed by atoms with Gasteiger partial charge in [0.2, 0.25) is 10.0 Å². The number of sulfonamides is 1. The molecule has 0 atom stereocenters. The number of rotatable bonds is 5. The summed E-state index contributed by atoms with van der Waals surface area (Å²) in [5, 5.41) is 0. The normalized spacial score (nSPS) is 12.5. The second-order valence-corrected chi connectivity index (χ2v) is 7.90. The van der Waals surface area contributed by atoms with Crippen LogP contribution in [-0.2, 0) is 10.0 Å². The highest BCUT2D eigenvalue weighted by molar-refractivity contribution is 7.94. The fraction of sp³-hybridized carbons (Fsp3) is 0.538. The van der Waals surface area contributed by atoms with Crippen molar-refractivity contribution in [1.29, 1.82) is 0 Å². The molecule has 6 heteroatoms. The fourth-order valence-corrected chi connectivity index (χ4v) is 3.03. The Bertz CT molecular complexity index is 524. The molecule has 0 unspecified atom stereocenters. The van der Waals surface area contributed by atoms with Crippen LogP contribution >= 0.6 is 0 Å². The number of nitrogens with zero attached hydrogens (tertiary/aromatic N) is 1. The molecule has 108 valence electrons. The third kappa shape index (κ3) is 3.45. The van der Waals surface area contributed by atoms with Crippen LogP contribution in [0.1, 0.15) is 27.2 Å². The minimum Gasteiger partial charge on any atom is -0.330 e. The van der Waals surface area contributed by atoms with Crippen LogP contribution in [0.5, 0.6) is 0 Å². The van der Waals surface area contributed by atoms with Crippen molar-refractivity contribution in [3.05, 3.63) is 30.1 Å². The Morgan fingerprint density at radius 3 is 2.32 bits per heavy atom. The Kier molecular flexibility index (Phi) is 4.92. The van der Waals surface area contributed by atoms with Crippen LogP contribution in [-0.4, -0.2) is 26.3 Å². The Morgan fingerprint density at radius 2 is 1.84 bits per heavy atom. The topological polar surface area (TPSA) is 63.4 Å². The monoisotopic (exact) mass is 288 g/mol. The lowest BCUT2D eigenvalue weighted by Gasteiger charge is -2.31. The van der Waals surface area contributed by atoms with E-state index >= 15 is 0 Å². The van der Waals surface area contributed by atoms with Crippen LogP contribution in [0.4, 0.5) is 10.1 Å². The lowest BCUT2D eigenvalue weighted by atomic mass is 10.3. The number of anilines is 1. The highest BCUT2D eigenvalue weighted by atomic mass is 32.2. The van der Waals surface area contributed by atoms with Crippen molar-refractivity contribution in [2.24, 2.45) is 5.73 Å². The quantitative estimate of drug-likeness (QED) is 0.902. The van der Waals surface area contributed by atoms with Gasteiger partial charge in [-0.15, -0.1) is 0 Å². The summed E-state index contributed by atoms with van der Waals surface area (Å²) in [7, 11) is -3.65. The van der Waals surface area contributed by atoms with Gasteiger partial charge in [-0.2, -0.15) is 0 Å². The van der Waals surface area contributed by atoms with Gasteiger partial charge >= 0.3 is 0 Å². The summed E-state index contributed by atoms with van der Waals surface area (Å²) in [6.45, 7) is 5.32. The Balaban J connectivity index is 3.28. The molecule has 0 radical (unpaired) electrons. The molecule has 2 N–H and O–H groups in total. The molecule has 0 aliphatic rings. The predicted octanol–water partition coefficient (Wildman–Crippen LogP) is 2.11. The van der Waals surface area contributed by atoms with Gasteiger partial charge in [0.1, 0.15) is 5.82 Å². The SMILES string of the molecule is CC(C)(C)S(=O)(=O)N(CCCN)c1ccccc1F. The zero-order valence-corrected chi connectivity index (χ0v) is 12.4. The molecule has 0 fully saturated rings. The molecule has 0 aliphatic carbocycles. The zero-order chi connectivity index (χ0) is 14.7. The lowest BCUT2D eigenvalue weighted by Crippen LogP contribution is -2.44. The van der Waals surface area contributed by atoms with Crippen molar-refractivity contribution in [2.45, 2.75) is 31.9 Å². The largest absolute Gasteiger partial charge is 0.330 e. The summed E-state index contributed by atoms with van der Waals surface area (Å²) in [4.78, 5) is 0. The van der Waals surface area contributed by atoms with Crippen LogP contribution in [0.15, 0.2) is 24.3 Å². The van der Waals surface area contributed by atoms with Gasteiger partial charge < -0.3 is 5.73 Å². The Labute approximate surface area is 114 Å². The highest BCUT2D eigenvalue weighted by Crippen LogP contribution is 2.28. The standard InChI is InChI=1S/C13H21FN2O2S/c1-13(2,3)19(17,18)16(10-6-9-15)12-8-5-4-7-11(12)14/h4-5,7-8H,6,9-10,15H2,1-3H3. The van der Waals surface area contributed by atoms with Crippen LogP contribution < -0.4 is 10.0 Å². The average Bonchev–Trinajstić information content (AvgIpc) is 2.30. The second-order valence-electron chi connectivity index (χ2n) is 5.28. The summed E-state index contributed by atoms with van der Waals surface area (Å²) in [6.07, 6.45) is 0.476. The van der Waals surface area contributed by atoms with Gasteiger partial charge in [0.25, 0.3) is 0 Å². The number of para-hydroxylation sites is 1. The van der Waals surface area contributed by atoms with Crippen LogP contribution in [0.25, 0.3) is 0 Å². The molecule has 0 amide bonds. The molecule has 1 aromatic carbocycles. The summed E-state index contributed by atoms with van der Waals surface area (Å²) >= 11 is 0. The molecule has 0 bridgehead atoms. The third-order valence-corrected chi connectivity index (χ3v) is 5.26. The second kappa shape index (κ2) is 5.88. The molecule has 0 saturated heterocycles. The van der Waals surface area contributed by atoms with Crippen molar-refractivity contribution in [3.8, 4) is 0 Å². The molecule has 0 spiro atoms. The first-order valence-corrected chi connectivity index (χ1v) is 7.62. The fourth-order valence-electron chi connectivity index (χ4n) is 1.59. The van der Waals surface area contributed by atoms with E-state index in [1.54, 1.807) is 26.8 Å². The van der Waals surface area contributed by atoms with Gasteiger partial charge in [0.15, 0.2) is 0 Å². The third-order valence-electron chi connectivity index (χ3n) is 2.75. The lowest BCUT2D eigenvalue weighted by molar-refractivity contribution is 0.550. The van der Waals surface area contributed by atoms with E-state index in [0.717, 1.165) is 4.31 Å². The van der Waals surface area contributed by atoms with E-state index < -0.39 is 20.6 Å². The van der Waals surface area contributed by atoms with Crippen molar-refractivity contribution in [2.75, 3.05) is 17.4 Å². The summed E-state index contributed by atoms with van der Waals surface area (Å²) in [5.41, 5.74) is 5.50. The number of nitrogens with two attached hydrogens (primary N) is 1. The molecular weight excluding hydrogens is 267 g/mol. The van der Waals surface area contributed by atoms with E-state index in [2.05, 4.69) is 0 Å². The number of hydrogen-bond acceptors (Lipinski definition) is 3. The first-order valence-electron chi connectivity index (χ1n) is 6.18. The van der Waals surface area contributed by atoms with Crippen molar-refractivity contribution in [3.63, 3.8) is 0 Å². The van der Waals surface area contributed by atoms with Gasteiger partial charge in [0.05, 0.1) is 10.4 Å². The maximum atomic E-state index is 13.8. The molecule has 1 rings (SSSR count). The molecule has 0 saturated carbocycles. The smallest absolute Gasteiger partial charge is 0.240 e. The van der Waals surface area contributed by atoms with Gasteiger partial charge in [-0.25, -0.2) is 12.8 Å². The minimum absolute atomic E-state index is 0.0749.